The van der Waals surface area contributed by atoms with Gasteiger partial charge >= 0.3 is 0 Å². The maximum atomic E-state index is 9.35. The van der Waals surface area contributed by atoms with Gasteiger partial charge in [0.05, 0.1) is 12.1 Å². The van der Waals surface area contributed by atoms with E-state index in [9.17, 15) is 5.11 Å². The van der Waals surface area contributed by atoms with Gasteiger partial charge in [0, 0.05) is 6.42 Å². The van der Waals surface area contributed by atoms with Crippen LogP contribution in [-0.2, 0) is 4.74 Å². The molecule has 0 aromatic rings. The average molecular weight is 157 g/mol. The largest absolute Gasteiger partial charge is 0.507 e. The fraction of sp³-hybridized carbons (Fsp3) is 0.750. The van der Waals surface area contributed by atoms with E-state index in [-0.39, 0.29) is 12.1 Å². The first kappa shape index (κ1) is 8.40. The highest BCUT2D eigenvalue weighted by Crippen LogP contribution is 2.18. The van der Waals surface area contributed by atoms with Crippen LogP contribution < -0.4 is 0 Å². The Bertz CT molecular complexity index is 165. The van der Waals surface area contributed by atoms with Crippen molar-refractivity contribution in [3.63, 3.8) is 0 Å². The van der Waals surface area contributed by atoms with Crippen molar-refractivity contribution in [1.82, 2.24) is 4.90 Å². The van der Waals surface area contributed by atoms with Crippen LogP contribution in [0.4, 0.5) is 0 Å². The van der Waals surface area contributed by atoms with Crippen molar-refractivity contribution in [3.05, 3.63) is 12.0 Å². The quantitative estimate of drug-likeness (QED) is 0.619. The molecule has 1 aliphatic rings. The molecule has 3 heteroatoms. The smallest absolute Gasteiger partial charge is 0.144 e. The van der Waals surface area contributed by atoms with E-state index in [0.717, 1.165) is 6.42 Å². The number of hydrogen-bond donors (Lipinski definition) is 1. The first-order chi connectivity index (χ1) is 5.11. The molecule has 11 heavy (non-hydrogen) atoms. The third kappa shape index (κ3) is 1.87. The van der Waals surface area contributed by atoms with Crippen molar-refractivity contribution in [3.8, 4) is 0 Å². The fourth-order valence-electron chi connectivity index (χ4n) is 1.23. The van der Waals surface area contributed by atoms with E-state index < -0.39 is 0 Å². The molecule has 0 aromatic carbocycles. The highest BCUT2D eigenvalue weighted by atomic mass is 16.5. The summed E-state index contributed by atoms with van der Waals surface area (Å²) in [6.45, 7) is 2.00. The van der Waals surface area contributed by atoms with Crippen LogP contribution in [0.5, 0.6) is 0 Å². The Kier molecular flexibility index (Phi) is 2.39. The van der Waals surface area contributed by atoms with Crippen LogP contribution in [0.15, 0.2) is 12.0 Å². The molecule has 0 spiro atoms. The summed E-state index contributed by atoms with van der Waals surface area (Å²) in [5, 5.41) is 9.35. The van der Waals surface area contributed by atoms with Crippen LogP contribution in [-0.4, -0.2) is 36.2 Å². The van der Waals surface area contributed by atoms with Gasteiger partial charge in [-0.25, -0.2) is 0 Å². The summed E-state index contributed by atoms with van der Waals surface area (Å²) < 4.78 is 5.13. The van der Waals surface area contributed by atoms with Crippen molar-refractivity contribution < 1.29 is 9.84 Å². The van der Waals surface area contributed by atoms with Crippen LogP contribution in [0.1, 0.15) is 13.3 Å². The van der Waals surface area contributed by atoms with E-state index >= 15 is 0 Å². The Morgan fingerprint density at radius 3 is 2.73 bits per heavy atom. The van der Waals surface area contributed by atoms with E-state index in [1.165, 1.54) is 6.26 Å². The van der Waals surface area contributed by atoms with E-state index in [4.69, 9.17) is 4.74 Å². The summed E-state index contributed by atoms with van der Waals surface area (Å²) in [5.74, 6) is 0.327. The first-order valence-corrected chi connectivity index (χ1v) is 3.82. The van der Waals surface area contributed by atoms with Gasteiger partial charge in [0.25, 0.3) is 0 Å². The molecule has 3 nitrogen and oxygen atoms in total. The zero-order valence-corrected chi connectivity index (χ0v) is 7.24. The molecule has 0 aromatic heterocycles. The minimum Gasteiger partial charge on any atom is -0.507 e. The SMILES string of the molecule is C[C@@H]1C[C@H](N(C)C)C(O)=CO1. The molecule has 0 aliphatic carbocycles. The molecule has 1 rings (SSSR count). The molecule has 0 unspecified atom stereocenters. The summed E-state index contributed by atoms with van der Waals surface area (Å²) in [5.41, 5.74) is 0. The summed E-state index contributed by atoms with van der Waals surface area (Å²) in [7, 11) is 3.90. The lowest BCUT2D eigenvalue weighted by Crippen LogP contribution is -2.35. The minimum atomic E-state index is 0.124. The van der Waals surface area contributed by atoms with E-state index in [1.807, 2.05) is 25.9 Å². The third-order valence-corrected chi connectivity index (χ3v) is 1.94. The second-order valence-electron chi connectivity index (χ2n) is 3.20. The Morgan fingerprint density at radius 1 is 1.64 bits per heavy atom. The lowest BCUT2D eigenvalue weighted by molar-refractivity contribution is 0.0709. The monoisotopic (exact) mass is 157 g/mol. The second kappa shape index (κ2) is 3.13. The molecule has 0 saturated carbocycles. The number of likely N-dealkylation sites (N-methyl/N-ethyl adjacent to an activating group) is 1. The van der Waals surface area contributed by atoms with Gasteiger partial charge in [-0.1, -0.05) is 0 Å². The summed E-state index contributed by atoms with van der Waals surface area (Å²) in [6, 6.07) is 0.124. The molecule has 0 radical (unpaired) electrons. The van der Waals surface area contributed by atoms with Gasteiger partial charge in [-0.2, -0.15) is 0 Å². The van der Waals surface area contributed by atoms with Crippen LogP contribution in [0, 0.1) is 0 Å². The van der Waals surface area contributed by atoms with Crippen molar-refractivity contribution in [2.45, 2.75) is 25.5 Å². The first-order valence-electron chi connectivity index (χ1n) is 3.82. The maximum absolute atomic E-state index is 9.35. The van der Waals surface area contributed by atoms with E-state index in [1.54, 1.807) is 0 Å². The number of aliphatic hydroxyl groups is 1. The molecule has 0 amide bonds. The molecular formula is C8H15NO2. The maximum Gasteiger partial charge on any atom is 0.144 e. The van der Waals surface area contributed by atoms with Crippen LogP contribution >= 0.6 is 0 Å². The predicted octanol–water partition coefficient (Wildman–Crippen LogP) is 1.12. The fourth-order valence-corrected chi connectivity index (χ4v) is 1.23. The Hall–Kier alpha value is -0.700. The summed E-state index contributed by atoms with van der Waals surface area (Å²) >= 11 is 0. The lowest BCUT2D eigenvalue weighted by atomic mass is 10.1. The Balaban J connectivity index is 2.64. The average Bonchev–Trinajstić information content (AvgIpc) is 1.94. The number of aliphatic hydroxyl groups excluding tert-OH is 1. The van der Waals surface area contributed by atoms with Gasteiger partial charge < -0.3 is 9.84 Å². The Labute approximate surface area is 67.3 Å². The van der Waals surface area contributed by atoms with E-state index in [2.05, 4.69) is 0 Å². The topological polar surface area (TPSA) is 32.7 Å². The number of rotatable bonds is 1. The molecular weight excluding hydrogens is 142 g/mol. The van der Waals surface area contributed by atoms with Gasteiger partial charge in [0.1, 0.15) is 12.0 Å². The van der Waals surface area contributed by atoms with Crippen molar-refractivity contribution in [2.75, 3.05) is 14.1 Å². The third-order valence-electron chi connectivity index (χ3n) is 1.94. The van der Waals surface area contributed by atoms with Crippen LogP contribution in [0.2, 0.25) is 0 Å². The summed E-state index contributed by atoms with van der Waals surface area (Å²) in [6.07, 6.45) is 2.51. The highest BCUT2D eigenvalue weighted by molar-refractivity contribution is 5.02. The Morgan fingerprint density at radius 2 is 2.27 bits per heavy atom. The molecule has 64 valence electrons. The van der Waals surface area contributed by atoms with Gasteiger partial charge in [-0.15, -0.1) is 0 Å². The number of hydrogen-bond acceptors (Lipinski definition) is 3. The van der Waals surface area contributed by atoms with Gasteiger partial charge in [-0.05, 0) is 21.0 Å². The molecule has 0 bridgehead atoms. The van der Waals surface area contributed by atoms with Gasteiger partial charge in [0.2, 0.25) is 0 Å². The zero-order valence-electron chi connectivity index (χ0n) is 7.24. The molecule has 0 saturated heterocycles. The standard InChI is InChI=1S/C8H15NO2/c1-6-4-7(9(2)3)8(10)5-11-6/h5-7,10H,4H2,1-3H3/t6-,7+/m1/s1. The van der Waals surface area contributed by atoms with Gasteiger partial charge in [-0.3, -0.25) is 4.90 Å². The van der Waals surface area contributed by atoms with E-state index in [0.29, 0.717) is 5.76 Å². The molecule has 2 atom stereocenters. The van der Waals surface area contributed by atoms with Crippen molar-refractivity contribution in [2.24, 2.45) is 0 Å². The number of nitrogens with zero attached hydrogens (tertiary/aromatic N) is 1. The molecule has 1 heterocycles. The van der Waals surface area contributed by atoms with Crippen LogP contribution in [0.3, 0.4) is 0 Å². The van der Waals surface area contributed by atoms with Gasteiger partial charge in [0.15, 0.2) is 0 Å². The molecule has 1 N–H and O–H groups in total. The predicted molar refractivity (Wildman–Crippen MR) is 43.4 cm³/mol. The zero-order chi connectivity index (χ0) is 8.43. The molecule has 0 fully saturated rings. The molecule has 1 aliphatic heterocycles. The highest BCUT2D eigenvalue weighted by Gasteiger charge is 2.23. The summed E-state index contributed by atoms with van der Waals surface area (Å²) in [4.78, 5) is 1.99. The number of ether oxygens (including phenoxy) is 1. The van der Waals surface area contributed by atoms with Crippen molar-refractivity contribution >= 4 is 0 Å². The van der Waals surface area contributed by atoms with Crippen molar-refractivity contribution in [1.29, 1.82) is 0 Å². The second-order valence-corrected chi connectivity index (χ2v) is 3.20. The minimum absolute atomic E-state index is 0.124. The van der Waals surface area contributed by atoms with Crippen LogP contribution in [0.25, 0.3) is 0 Å². The normalized spacial score (nSPS) is 31.5. The lowest BCUT2D eigenvalue weighted by Gasteiger charge is -2.29.